The van der Waals surface area contributed by atoms with E-state index in [0.29, 0.717) is 6.42 Å². The summed E-state index contributed by atoms with van der Waals surface area (Å²) in [6.07, 6.45) is 0.102. The van der Waals surface area contributed by atoms with Crippen molar-refractivity contribution in [2.45, 2.75) is 38.8 Å². The lowest BCUT2D eigenvalue weighted by Gasteiger charge is -2.26. The zero-order valence-corrected chi connectivity index (χ0v) is 10.8. The van der Waals surface area contributed by atoms with Gasteiger partial charge in [-0.2, -0.15) is 5.26 Å². The molecule has 0 bridgehead atoms. The summed E-state index contributed by atoms with van der Waals surface area (Å²) < 4.78 is 5.35. The third-order valence-corrected chi connectivity index (χ3v) is 2.72. The van der Waals surface area contributed by atoms with Crippen molar-refractivity contribution in [3.05, 3.63) is 29.8 Å². The molecular formula is C14H16N2O2. The zero-order valence-electron chi connectivity index (χ0n) is 10.8. The molecule has 0 aliphatic carbocycles. The highest BCUT2D eigenvalue weighted by atomic mass is 16.6. The molecule has 0 spiro atoms. The maximum atomic E-state index is 12.1. The van der Waals surface area contributed by atoms with E-state index in [0.717, 1.165) is 11.3 Å². The Morgan fingerprint density at radius 1 is 1.44 bits per heavy atom. The minimum absolute atomic E-state index is 0.459. The smallest absolute Gasteiger partial charge is 0.415 e. The number of ether oxygens (including phenoxy) is 1. The van der Waals surface area contributed by atoms with Crippen molar-refractivity contribution in [3.8, 4) is 6.07 Å². The van der Waals surface area contributed by atoms with Crippen LogP contribution >= 0.6 is 0 Å². The maximum Gasteiger partial charge on any atom is 0.415 e. The Morgan fingerprint density at radius 3 is 2.72 bits per heavy atom. The fraction of sp³-hybridized carbons (Fsp3) is 0.429. The number of para-hydroxylation sites is 1. The molecule has 94 valence electrons. The first kappa shape index (κ1) is 12.4. The quantitative estimate of drug-likeness (QED) is 0.705. The predicted molar refractivity (Wildman–Crippen MR) is 68.3 cm³/mol. The number of carbonyl (C=O) groups excluding carboxylic acids is 1. The molecule has 4 heteroatoms. The normalized spacial score (nSPS) is 18.1. The van der Waals surface area contributed by atoms with Gasteiger partial charge in [0.25, 0.3) is 0 Å². The van der Waals surface area contributed by atoms with Gasteiger partial charge < -0.3 is 4.74 Å². The van der Waals surface area contributed by atoms with Crippen molar-refractivity contribution in [2.24, 2.45) is 0 Å². The summed E-state index contributed by atoms with van der Waals surface area (Å²) in [4.78, 5) is 13.6. The second-order valence-electron chi connectivity index (χ2n) is 5.33. The number of amides is 1. The molecular weight excluding hydrogens is 228 g/mol. The molecule has 4 nitrogen and oxygen atoms in total. The minimum Gasteiger partial charge on any atom is -0.443 e. The van der Waals surface area contributed by atoms with Gasteiger partial charge >= 0.3 is 6.09 Å². The van der Waals surface area contributed by atoms with Crippen LogP contribution in [0.1, 0.15) is 26.3 Å². The molecule has 1 aromatic rings. The SMILES string of the molecule is CC(C)(C)OC(=O)N1c2ccccc2C[C@@H]1C#N. The van der Waals surface area contributed by atoms with Gasteiger partial charge in [0, 0.05) is 6.42 Å². The largest absolute Gasteiger partial charge is 0.443 e. The van der Waals surface area contributed by atoms with Gasteiger partial charge in [0.1, 0.15) is 11.6 Å². The van der Waals surface area contributed by atoms with E-state index in [1.165, 1.54) is 4.90 Å². The zero-order chi connectivity index (χ0) is 13.3. The second-order valence-corrected chi connectivity index (χ2v) is 5.33. The average Bonchev–Trinajstić information content (AvgIpc) is 2.64. The summed E-state index contributed by atoms with van der Waals surface area (Å²) in [5.74, 6) is 0. The lowest BCUT2D eigenvalue weighted by atomic mass is 10.1. The summed E-state index contributed by atoms with van der Waals surface area (Å²) >= 11 is 0. The standard InChI is InChI=1S/C14H16N2O2/c1-14(2,3)18-13(17)16-11(9-15)8-10-6-4-5-7-12(10)16/h4-7,11H,8H2,1-3H3/t11-/m1/s1. The van der Waals surface area contributed by atoms with Crippen LogP contribution in [0.2, 0.25) is 0 Å². The molecule has 18 heavy (non-hydrogen) atoms. The van der Waals surface area contributed by atoms with Crippen LogP contribution in [0, 0.1) is 11.3 Å². The van der Waals surface area contributed by atoms with Gasteiger partial charge in [0.05, 0.1) is 11.8 Å². The third-order valence-electron chi connectivity index (χ3n) is 2.72. The van der Waals surface area contributed by atoms with E-state index in [-0.39, 0.29) is 0 Å². The first-order valence-electron chi connectivity index (χ1n) is 5.92. The number of hydrogen-bond acceptors (Lipinski definition) is 3. The van der Waals surface area contributed by atoms with Crippen molar-refractivity contribution in [1.29, 1.82) is 5.26 Å². The van der Waals surface area contributed by atoms with Gasteiger partial charge in [0.15, 0.2) is 0 Å². The molecule has 0 N–H and O–H groups in total. The highest BCUT2D eigenvalue weighted by Gasteiger charge is 2.36. The van der Waals surface area contributed by atoms with Crippen LogP contribution in [0.25, 0.3) is 0 Å². The van der Waals surface area contributed by atoms with Crippen molar-refractivity contribution < 1.29 is 9.53 Å². The fourth-order valence-electron chi connectivity index (χ4n) is 2.03. The van der Waals surface area contributed by atoms with Crippen LogP contribution in [-0.4, -0.2) is 17.7 Å². The van der Waals surface area contributed by atoms with Crippen LogP contribution in [0.5, 0.6) is 0 Å². The maximum absolute atomic E-state index is 12.1. The number of rotatable bonds is 0. The highest BCUT2D eigenvalue weighted by molar-refractivity contribution is 5.92. The van der Waals surface area contributed by atoms with E-state index >= 15 is 0 Å². The van der Waals surface area contributed by atoms with Crippen LogP contribution < -0.4 is 4.90 Å². The molecule has 0 fully saturated rings. The number of hydrogen-bond donors (Lipinski definition) is 0. The highest BCUT2D eigenvalue weighted by Crippen LogP contribution is 2.32. The molecule has 1 heterocycles. The Kier molecular flexibility index (Phi) is 3.00. The van der Waals surface area contributed by atoms with Gasteiger partial charge in [-0.3, -0.25) is 4.90 Å². The average molecular weight is 244 g/mol. The molecule has 1 aromatic carbocycles. The molecule has 0 saturated carbocycles. The lowest BCUT2D eigenvalue weighted by Crippen LogP contribution is -2.40. The molecule has 0 aromatic heterocycles. The molecule has 1 aliphatic heterocycles. The van der Waals surface area contributed by atoms with Crippen LogP contribution in [0.3, 0.4) is 0 Å². The van der Waals surface area contributed by atoms with Crippen LogP contribution in [-0.2, 0) is 11.2 Å². The number of fused-ring (bicyclic) bond motifs is 1. The topological polar surface area (TPSA) is 53.3 Å². The van der Waals surface area contributed by atoms with Crippen molar-refractivity contribution in [3.63, 3.8) is 0 Å². The van der Waals surface area contributed by atoms with Crippen LogP contribution in [0.4, 0.5) is 10.5 Å². The molecule has 2 rings (SSSR count). The lowest BCUT2D eigenvalue weighted by molar-refractivity contribution is 0.0576. The molecule has 1 amide bonds. The molecule has 1 atom stereocenters. The minimum atomic E-state index is -0.561. The molecule has 0 saturated heterocycles. The Balaban J connectivity index is 2.31. The van der Waals surface area contributed by atoms with Gasteiger partial charge in [-0.25, -0.2) is 4.79 Å². The van der Waals surface area contributed by atoms with E-state index < -0.39 is 17.7 Å². The number of anilines is 1. The Morgan fingerprint density at radius 2 is 2.11 bits per heavy atom. The fourth-order valence-corrected chi connectivity index (χ4v) is 2.03. The Hall–Kier alpha value is -2.02. The van der Waals surface area contributed by atoms with E-state index in [4.69, 9.17) is 10.00 Å². The van der Waals surface area contributed by atoms with Gasteiger partial charge in [-0.15, -0.1) is 0 Å². The van der Waals surface area contributed by atoms with E-state index in [2.05, 4.69) is 6.07 Å². The number of carbonyl (C=O) groups is 1. The summed E-state index contributed by atoms with van der Waals surface area (Å²) in [5, 5.41) is 9.16. The molecule has 0 unspecified atom stereocenters. The van der Waals surface area contributed by atoms with Gasteiger partial charge in [0.2, 0.25) is 0 Å². The van der Waals surface area contributed by atoms with Crippen LogP contribution in [0.15, 0.2) is 24.3 Å². The third kappa shape index (κ3) is 2.30. The predicted octanol–water partition coefficient (Wildman–Crippen LogP) is 2.88. The Bertz CT molecular complexity index is 511. The number of nitrogens with zero attached hydrogens (tertiary/aromatic N) is 2. The Labute approximate surface area is 107 Å². The van der Waals surface area contributed by atoms with Gasteiger partial charge in [-0.1, -0.05) is 18.2 Å². The first-order valence-corrected chi connectivity index (χ1v) is 5.92. The first-order chi connectivity index (χ1) is 8.42. The summed E-state index contributed by atoms with van der Waals surface area (Å²) in [5.41, 5.74) is 1.22. The van der Waals surface area contributed by atoms with Crippen molar-refractivity contribution in [2.75, 3.05) is 4.90 Å². The number of benzene rings is 1. The summed E-state index contributed by atoms with van der Waals surface area (Å²) in [7, 11) is 0. The van der Waals surface area contributed by atoms with E-state index in [9.17, 15) is 4.79 Å². The summed E-state index contributed by atoms with van der Waals surface area (Å²) in [6, 6.07) is 9.22. The monoisotopic (exact) mass is 244 g/mol. The second kappa shape index (κ2) is 4.34. The van der Waals surface area contributed by atoms with Gasteiger partial charge in [-0.05, 0) is 32.4 Å². The summed E-state index contributed by atoms with van der Waals surface area (Å²) in [6.45, 7) is 5.44. The molecule has 0 radical (unpaired) electrons. The molecule has 1 aliphatic rings. The van der Waals surface area contributed by atoms with Crippen molar-refractivity contribution in [1.82, 2.24) is 0 Å². The van der Waals surface area contributed by atoms with E-state index in [1.807, 2.05) is 45.0 Å². The van der Waals surface area contributed by atoms with E-state index in [1.54, 1.807) is 0 Å². The number of nitriles is 1. The van der Waals surface area contributed by atoms with Crippen molar-refractivity contribution >= 4 is 11.8 Å².